The Bertz CT molecular complexity index is 792. The molecule has 8 heteroatoms. The number of aromatic hydroxyl groups is 1. The van der Waals surface area contributed by atoms with Crippen molar-refractivity contribution in [3.63, 3.8) is 0 Å². The highest BCUT2D eigenvalue weighted by molar-refractivity contribution is 5.97. The van der Waals surface area contributed by atoms with Crippen LogP contribution in [0.15, 0.2) is 45.9 Å². The molecule has 0 fully saturated rings. The van der Waals surface area contributed by atoms with Crippen LogP contribution in [0.3, 0.4) is 0 Å². The van der Waals surface area contributed by atoms with Crippen LogP contribution in [0.25, 0.3) is 6.08 Å². The average Bonchev–Trinajstić information content (AvgIpc) is 2.98. The zero-order valence-corrected chi connectivity index (χ0v) is 12.1. The van der Waals surface area contributed by atoms with Crippen molar-refractivity contribution in [1.29, 1.82) is 0 Å². The first-order chi connectivity index (χ1) is 11.0. The molecule has 0 saturated carbocycles. The number of hydrogen-bond acceptors (Lipinski definition) is 6. The first-order valence-electron chi connectivity index (χ1n) is 6.51. The lowest BCUT2D eigenvalue weighted by molar-refractivity contribution is -0.402. The molecule has 1 aromatic carbocycles. The highest BCUT2D eigenvalue weighted by Crippen LogP contribution is 2.18. The van der Waals surface area contributed by atoms with Crippen molar-refractivity contribution in [2.75, 3.05) is 0 Å². The molecule has 0 aliphatic carbocycles. The lowest BCUT2D eigenvalue weighted by Crippen LogP contribution is -2.17. The Balaban J connectivity index is 1.93. The number of benzene rings is 1. The molecule has 0 atom stereocenters. The topological polar surface area (TPSA) is 118 Å². The normalized spacial score (nSPS) is 11.2. The molecule has 1 amide bonds. The molecule has 0 aliphatic rings. The molecule has 0 bridgehead atoms. The van der Waals surface area contributed by atoms with Gasteiger partial charge in [0.1, 0.15) is 16.4 Å². The summed E-state index contributed by atoms with van der Waals surface area (Å²) in [6.45, 7) is 1.80. The Morgan fingerprint density at radius 3 is 2.87 bits per heavy atom. The summed E-state index contributed by atoms with van der Waals surface area (Å²) in [6, 6.07) is 7.32. The highest BCUT2D eigenvalue weighted by Gasteiger charge is 2.10. The van der Waals surface area contributed by atoms with E-state index in [-0.39, 0.29) is 23.0 Å². The van der Waals surface area contributed by atoms with E-state index >= 15 is 0 Å². The molecular weight excluding hydrogens is 302 g/mol. The van der Waals surface area contributed by atoms with Crippen LogP contribution in [0, 0.1) is 17.0 Å². The molecule has 23 heavy (non-hydrogen) atoms. The lowest BCUT2D eigenvalue weighted by atomic mass is 10.1. The van der Waals surface area contributed by atoms with E-state index in [1.165, 1.54) is 42.6 Å². The van der Waals surface area contributed by atoms with E-state index in [0.29, 0.717) is 0 Å². The number of aryl methyl sites for hydroxylation is 1. The van der Waals surface area contributed by atoms with Gasteiger partial charge in [0.05, 0.1) is 11.6 Å². The molecule has 2 N–H and O–H groups in total. The molecule has 8 nitrogen and oxygen atoms in total. The van der Waals surface area contributed by atoms with E-state index in [2.05, 4.69) is 10.5 Å². The van der Waals surface area contributed by atoms with Gasteiger partial charge in [-0.3, -0.25) is 14.9 Å². The van der Waals surface area contributed by atoms with Crippen molar-refractivity contribution in [2.45, 2.75) is 6.92 Å². The van der Waals surface area contributed by atoms with Crippen molar-refractivity contribution >= 4 is 24.1 Å². The van der Waals surface area contributed by atoms with Crippen molar-refractivity contribution in [3.05, 3.63) is 63.4 Å². The van der Waals surface area contributed by atoms with Crippen LogP contribution in [0.5, 0.6) is 5.75 Å². The van der Waals surface area contributed by atoms with E-state index in [9.17, 15) is 20.0 Å². The zero-order chi connectivity index (χ0) is 16.8. The van der Waals surface area contributed by atoms with Gasteiger partial charge in [0, 0.05) is 6.21 Å². The third kappa shape index (κ3) is 4.27. The number of amides is 1. The predicted molar refractivity (Wildman–Crippen MR) is 83.2 cm³/mol. The van der Waals surface area contributed by atoms with Gasteiger partial charge in [-0.15, -0.1) is 0 Å². The summed E-state index contributed by atoms with van der Waals surface area (Å²) in [4.78, 5) is 21.6. The monoisotopic (exact) mass is 315 g/mol. The first kappa shape index (κ1) is 16.0. The largest absolute Gasteiger partial charge is 0.507 e. The molecule has 118 valence electrons. The Morgan fingerprint density at radius 2 is 2.17 bits per heavy atom. The molecular formula is C15H13N3O5. The minimum Gasteiger partial charge on any atom is -0.507 e. The third-order valence-electron chi connectivity index (χ3n) is 2.78. The molecule has 1 aromatic heterocycles. The standard InChI is InChI=1S/C15H13N3O5/c1-10-4-6-13(19)12(9-10)15(20)17-16-8-2-3-11-5-7-14(23-11)18(21)22/h2-9,19H,1H3,(H,17,20). The smallest absolute Gasteiger partial charge is 0.433 e. The van der Waals surface area contributed by atoms with Crippen molar-refractivity contribution in [3.8, 4) is 5.75 Å². The number of phenolic OH excluding ortho intramolecular Hbond substituents is 1. The van der Waals surface area contributed by atoms with Gasteiger partial charge in [0.15, 0.2) is 0 Å². The second kappa shape index (κ2) is 7.03. The Kier molecular flexibility index (Phi) is 4.88. The van der Waals surface area contributed by atoms with Gasteiger partial charge in [0.2, 0.25) is 0 Å². The number of nitro groups is 1. The SMILES string of the molecule is Cc1ccc(O)c(C(=O)NN=CC=Cc2ccc([N+](=O)[O-])o2)c1. The van der Waals surface area contributed by atoms with Crippen LogP contribution in [0.1, 0.15) is 21.7 Å². The molecule has 2 aromatic rings. The van der Waals surface area contributed by atoms with Crippen molar-refractivity contribution < 1.29 is 19.2 Å². The fourth-order valence-electron chi connectivity index (χ4n) is 1.70. The maximum absolute atomic E-state index is 11.8. The Hall–Kier alpha value is -3.42. The number of furan rings is 1. The van der Waals surface area contributed by atoms with Gasteiger partial charge in [-0.25, -0.2) is 5.43 Å². The number of phenols is 1. The number of allylic oxidation sites excluding steroid dienone is 1. The van der Waals surface area contributed by atoms with Crippen LogP contribution in [0.4, 0.5) is 5.88 Å². The number of hydrogen-bond donors (Lipinski definition) is 2. The summed E-state index contributed by atoms with van der Waals surface area (Å²) < 4.78 is 4.90. The Morgan fingerprint density at radius 1 is 1.39 bits per heavy atom. The van der Waals surface area contributed by atoms with Crippen molar-refractivity contribution in [2.24, 2.45) is 5.10 Å². The number of carbonyl (C=O) groups is 1. The van der Waals surface area contributed by atoms with Crippen LogP contribution >= 0.6 is 0 Å². The number of carbonyl (C=O) groups excluding carboxylic acids is 1. The second-order valence-electron chi connectivity index (χ2n) is 4.53. The summed E-state index contributed by atoms with van der Waals surface area (Å²) in [7, 11) is 0. The lowest BCUT2D eigenvalue weighted by Gasteiger charge is -2.03. The molecule has 0 aliphatic heterocycles. The summed E-state index contributed by atoms with van der Waals surface area (Å²) in [5.74, 6) is -0.762. The summed E-state index contributed by atoms with van der Waals surface area (Å²) >= 11 is 0. The number of rotatable bonds is 5. The second-order valence-corrected chi connectivity index (χ2v) is 4.53. The summed E-state index contributed by atoms with van der Waals surface area (Å²) in [5.41, 5.74) is 3.21. The van der Waals surface area contributed by atoms with E-state index in [1.807, 2.05) is 0 Å². The van der Waals surface area contributed by atoms with Gasteiger partial charge in [-0.05, 0) is 37.3 Å². The summed E-state index contributed by atoms with van der Waals surface area (Å²) in [6.07, 6.45) is 4.17. The molecule has 1 heterocycles. The first-order valence-corrected chi connectivity index (χ1v) is 6.51. The van der Waals surface area contributed by atoms with E-state index < -0.39 is 10.8 Å². The van der Waals surface area contributed by atoms with Crippen LogP contribution < -0.4 is 5.43 Å². The van der Waals surface area contributed by atoms with Gasteiger partial charge in [-0.2, -0.15) is 5.10 Å². The number of nitrogens with zero attached hydrogens (tertiary/aromatic N) is 2. The average molecular weight is 315 g/mol. The molecule has 0 unspecified atom stereocenters. The van der Waals surface area contributed by atoms with Crippen molar-refractivity contribution in [1.82, 2.24) is 5.43 Å². The Labute approximate surface area is 130 Å². The van der Waals surface area contributed by atoms with E-state index in [1.54, 1.807) is 13.0 Å². The minimum absolute atomic E-state index is 0.118. The maximum Gasteiger partial charge on any atom is 0.433 e. The molecule has 0 saturated heterocycles. The van der Waals surface area contributed by atoms with Gasteiger partial charge in [-0.1, -0.05) is 11.6 Å². The third-order valence-corrected chi connectivity index (χ3v) is 2.78. The predicted octanol–water partition coefficient (Wildman–Crippen LogP) is 2.63. The number of nitrogens with one attached hydrogen (secondary N) is 1. The number of hydrazone groups is 1. The van der Waals surface area contributed by atoms with E-state index in [0.717, 1.165) is 5.56 Å². The summed E-state index contributed by atoms with van der Waals surface area (Å²) in [5, 5.41) is 23.7. The van der Waals surface area contributed by atoms with Gasteiger partial charge < -0.3 is 9.52 Å². The van der Waals surface area contributed by atoms with Crippen LogP contribution in [-0.4, -0.2) is 22.2 Å². The molecule has 2 rings (SSSR count). The van der Waals surface area contributed by atoms with Gasteiger partial charge >= 0.3 is 5.88 Å². The quantitative estimate of drug-likeness (QED) is 0.499. The highest BCUT2D eigenvalue weighted by atomic mass is 16.6. The van der Waals surface area contributed by atoms with Gasteiger partial charge in [0.25, 0.3) is 5.91 Å². The van der Waals surface area contributed by atoms with Crippen LogP contribution in [0.2, 0.25) is 0 Å². The zero-order valence-electron chi connectivity index (χ0n) is 12.1. The minimum atomic E-state index is -0.639. The maximum atomic E-state index is 11.8. The molecule has 0 radical (unpaired) electrons. The molecule has 0 spiro atoms. The fraction of sp³-hybridized carbons (Fsp3) is 0.0667. The fourth-order valence-corrected chi connectivity index (χ4v) is 1.70. The van der Waals surface area contributed by atoms with E-state index in [4.69, 9.17) is 4.42 Å². The van der Waals surface area contributed by atoms with Crippen LogP contribution in [-0.2, 0) is 0 Å².